The van der Waals surface area contributed by atoms with Gasteiger partial charge in [0.25, 0.3) is 0 Å². The van der Waals surface area contributed by atoms with Gasteiger partial charge in [-0.15, -0.1) is 11.3 Å². The van der Waals surface area contributed by atoms with E-state index in [1.807, 2.05) is 73.0 Å². The molecule has 0 aliphatic carbocycles. The molecule has 3 rings (SSSR count). The number of aryl methyl sites for hydroxylation is 1. The summed E-state index contributed by atoms with van der Waals surface area (Å²) in [7, 11) is 0. The van der Waals surface area contributed by atoms with E-state index in [-0.39, 0.29) is 0 Å². The highest BCUT2D eigenvalue weighted by molar-refractivity contribution is 7.10. The summed E-state index contributed by atoms with van der Waals surface area (Å²) in [5, 5.41) is 12.5. The quantitative estimate of drug-likeness (QED) is 0.739. The first-order valence-corrected chi connectivity index (χ1v) is 7.67. The smallest absolute Gasteiger partial charge is 0.127 e. The summed E-state index contributed by atoms with van der Waals surface area (Å²) in [5.74, 6) is 1.52. The molecular weight excluding hydrogens is 280 g/mol. The molecule has 21 heavy (non-hydrogen) atoms. The van der Waals surface area contributed by atoms with Crippen molar-refractivity contribution in [1.29, 1.82) is 0 Å². The van der Waals surface area contributed by atoms with E-state index in [0.717, 1.165) is 27.5 Å². The van der Waals surface area contributed by atoms with Crippen molar-refractivity contribution in [2.45, 2.75) is 13.0 Å². The molecular formula is C18H16O2S. The van der Waals surface area contributed by atoms with Gasteiger partial charge in [0.15, 0.2) is 0 Å². The second-order valence-corrected chi connectivity index (χ2v) is 5.94. The number of hydrogen-bond acceptors (Lipinski definition) is 3. The molecule has 0 aliphatic rings. The Morgan fingerprint density at radius 2 is 1.71 bits per heavy atom. The minimum atomic E-state index is -0.615. The summed E-state index contributed by atoms with van der Waals surface area (Å²) in [6.07, 6.45) is -0.615. The second-order valence-electron chi connectivity index (χ2n) is 4.82. The maximum Gasteiger partial charge on any atom is 0.127 e. The first-order chi connectivity index (χ1) is 10.2. The van der Waals surface area contributed by atoms with Crippen molar-refractivity contribution in [1.82, 2.24) is 0 Å². The summed E-state index contributed by atoms with van der Waals surface area (Å²) in [6, 6.07) is 19.2. The monoisotopic (exact) mass is 296 g/mol. The van der Waals surface area contributed by atoms with Gasteiger partial charge in [-0.05, 0) is 53.8 Å². The highest BCUT2D eigenvalue weighted by Gasteiger charge is 2.14. The Morgan fingerprint density at radius 1 is 0.952 bits per heavy atom. The molecule has 106 valence electrons. The fraction of sp³-hybridized carbons (Fsp3) is 0.111. The van der Waals surface area contributed by atoms with Crippen LogP contribution in [-0.2, 0) is 0 Å². The third-order valence-electron chi connectivity index (χ3n) is 3.35. The molecule has 1 N–H and O–H groups in total. The lowest BCUT2D eigenvalue weighted by atomic mass is 10.0. The van der Waals surface area contributed by atoms with Crippen molar-refractivity contribution >= 4 is 11.3 Å². The Kier molecular flexibility index (Phi) is 4.04. The van der Waals surface area contributed by atoms with Crippen LogP contribution in [0.5, 0.6) is 11.5 Å². The molecule has 0 fully saturated rings. The van der Waals surface area contributed by atoms with E-state index in [1.54, 1.807) is 11.3 Å². The van der Waals surface area contributed by atoms with Crippen LogP contribution in [0.25, 0.3) is 0 Å². The molecule has 0 bridgehead atoms. The molecule has 0 amide bonds. The fourth-order valence-corrected chi connectivity index (χ4v) is 2.97. The zero-order valence-electron chi connectivity index (χ0n) is 11.7. The van der Waals surface area contributed by atoms with Crippen molar-refractivity contribution in [2.24, 2.45) is 0 Å². The van der Waals surface area contributed by atoms with Crippen molar-refractivity contribution < 1.29 is 9.84 Å². The first-order valence-electron chi connectivity index (χ1n) is 6.79. The Balaban J connectivity index is 1.85. The number of para-hydroxylation sites is 1. The molecule has 3 aromatic rings. The molecule has 0 saturated carbocycles. The van der Waals surface area contributed by atoms with Crippen molar-refractivity contribution in [3.05, 3.63) is 82.0 Å². The number of aliphatic hydroxyl groups excluding tert-OH is 1. The molecule has 0 saturated heterocycles. The lowest BCUT2D eigenvalue weighted by molar-refractivity contribution is 0.220. The summed E-state index contributed by atoms with van der Waals surface area (Å²) in [6.45, 7) is 2.02. The summed E-state index contributed by atoms with van der Waals surface area (Å²) < 4.78 is 5.81. The van der Waals surface area contributed by atoms with Crippen LogP contribution in [0.15, 0.2) is 66.0 Å². The van der Waals surface area contributed by atoms with Gasteiger partial charge in [0, 0.05) is 4.88 Å². The predicted molar refractivity (Wildman–Crippen MR) is 86.1 cm³/mol. The highest BCUT2D eigenvalue weighted by Crippen LogP contribution is 2.30. The lowest BCUT2D eigenvalue weighted by Crippen LogP contribution is -1.99. The van der Waals surface area contributed by atoms with Gasteiger partial charge in [-0.1, -0.05) is 30.3 Å². The van der Waals surface area contributed by atoms with Crippen LogP contribution in [0.3, 0.4) is 0 Å². The molecule has 2 aromatic carbocycles. The maximum atomic E-state index is 10.5. The minimum absolute atomic E-state index is 0.615. The Morgan fingerprint density at radius 3 is 2.43 bits per heavy atom. The number of benzene rings is 2. The van der Waals surface area contributed by atoms with Crippen LogP contribution < -0.4 is 4.74 Å². The standard InChI is InChI=1S/C18H16O2S/c1-13-17(10-11-21-13)18(19)14-6-5-9-16(12-14)20-15-7-3-2-4-8-15/h2-12,18-19H,1H3. The van der Waals surface area contributed by atoms with Crippen molar-refractivity contribution in [3.63, 3.8) is 0 Å². The molecule has 1 atom stereocenters. The van der Waals surface area contributed by atoms with Crippen LogP contribution in [-0.4, -0.2) is 5.11 Å². The zero-order valence-corrected chi connectivity index (χ0v) is 12.5. The molecule has 3 heteroatoms. The number of ether oxygens (including phenoxy) is 1. The van der Waals surface area contributed by atoms with Gasteiger partial charge in [-0.3, -0.25) is 0 Å². The SMILES string of the molecule is Cc1sccc1C(O)c1cccc(Oc2ccccc2)c1. The van der Waals surface area contributed by atoms with Gasteiger partial charge in [0.05, 0.1) is 0 Å². The van der Waals surface area contributed by atoms with Crippen molar-refractivity contribution in [3.8, 4) is 11.5 Å². The third kappa shape index (κ3) is 3.15. The van der Waals surface area contributed by atoms with E-state index in [4.69, 9.17) is 4.74 Å². The Hall–Kier alpha value is -2.10. The van der Waals surface area contributed by atoms with Gasteiger partial charge in [-0.25, -0.2) is 0 Å². The Labute approximate surface area is 128 Å². The Bertz CT molecular complexity index is 719. The van der Waals surface area contributed by atoms with Crippen LogP contribution in [0.4, 0.5) is 0 Å². The van der Waals surface area contributed by atoms with E-state index in [0.29, 0.717) is 0 Å². The van der Waals surface area contributed by atoms with E-state index in [2.05, 4.69) is 0 Å². The van der Waals surface area contributed by atoms with E-state index in [1.165, 1.54) is 0 Å². The maximum absolute atomic E-state index is 10.5. The summed E-state index contributed by atoms with van der Waals surface area (Å²) in [4.78, 5) is 1.14. The average Bonchev–Trinajstić information content (AvgIpc) is 2.94. The largest absolute Gasteiger partial charge is 0.457 e. The van der Waals surface area contributed by atoms with E-state index < -0.39 is 6.10 Å². The molecule has 0 spiro atoms. The van der Waals surface area contributed by atoms with Gasteiger partial charge >= 0.3 is 0 Å². The average molecular weight is 296 g/mol. The molecule has 2 nitrogen and oxygen atoms in total. The number of thiophene rings is 1. The molecule has 1 heterocycles. The fourth-order valence-electron chi connectivity index (χ4n) is 2.23. The van der Waals surface area contributed by atoms with Gasteiger partial charge < -0.3 is 9.84 Å². The van der Waals surface area contributed by atoms with Crippen LogP contribution >= 0.6 is 11.3 Å². The lowest BCUT2D eigenvalue weighted by Gasteiger charge is -2.13. The van der Waals surface area contributed by atoms with E-state index >= 15 is 0 Å². The van der Waals surface area contributed by atoms with Crippen molar-refractivity contribution in [2.75, 3.05) is 0 Å². The second kappa shape index (κ2) is 6.12. The van der Waals surface area contributed by atoms with Crippen LogP contribution in [0.2, 0.25) is 0 Å². The predicted octanol–water partition coefficient (Wildman–Crippen LogP) is 4.93. The van der Waals surface area contributed by atoms with Gasteiger partial charge in [-0.2, -0.15) is 0 Å². The number of aliphatic hydroxyl groups is 1. The van der Waals surface area contributed by atoms with Gasteiger partial charge in [0.2, 0.25) is 0 Å². The summed E-state index contributed by atoms with van der Waals surface area (Å²) >= 11 is 1.64. The highest BCUT2D eigenvalue weighted by atomic mass is 32.1. The normalized spacial score (nSPS) is 12.1. The minimum Gasteiger partial charge on any atom is -0.457 e. The number of rotatable bonds is 4. The van der Waals surface area contributed by atoms with E-state index in [9.17, 15) is 5.11 Å². The third-order valence-corrected chi connectivity index (χ3v) is 4.21. The molecule has 0 radical (unpaired) electrons. The van der Waals surface area contributed by atoms with Gasteiger partial charge in [0.1, 0.15) is 17.6 Å². The molecule has 0 aliphatic heterocycles. The number of hydrogen-bond donors (Lipinski definition) is 1. The topological polar surface area (TPSA) is 29.5 Å². The van der Waals surface area contributed by atoms with Crippen LogP contribution in [0, 0.1) is 6.92 Å². The first kappa shape index (κ1) is 13.9. The summed E-state index contributed by atoms with van der Waals surface area (Å²) in [5.41, 5.74) is 1.79. The molecule has 1 aromatic heterocycles. The zero-order chi connectivity index (χ0) is 14.7. The molecule has 1 unspecified atom stereocenters. The van der Waals surface area contributed by atoms with Crippen LogP contribution in [0.1, 0.15) is 22.1 Å².